The highest BCUT2D eigenvalue weighted by molar-refractivity contribution is 6.31. The summed E-state index contributed by atoms with van der Waals surface area (Å²) in [4.78, 5) is 28.1. The molecular weight excluding hydrogens is 424 g/mol. The van der Waals surface area contributed by atoms with Crippen LogP contribution in [0.4, 0.5) is 14.5 Å². The summed E-state index contributed by atoms with van der Waals surface area (Å²) in [5.41, 5.74) is 1.71. The van der Waals surface area contributed by atoms with Gasteiger partial charge in [-0.15, -0.1) is 0 Å². The Kier molecular flexibility index (Phi) is 7.41. The third-order valence-corrected chi connectivity index (χ3v) is 5.41. The first-order valence-electron chi connectivity index (χ1n) is 9.95. The van der Waals surface area contributed by atoms with Crippen LogP contribution < -0.4 is 5.32 Å². The Morgan fingerprint density at radius 1 is 1.19 bits per heavy atom. The number of amides is 2. The van der Waals surface area contributed by atoms with E-state index in [-0.39, 0.29) is 28.7 Å². The number of halogens is 3. The Hall–Kier alpha value is -2.77. The standard InChI is InChI=1S/C23H24ClF2N3O2/c1-15-13-28(14-17-3-6-19(25)7-4-17)9-10-29(15)23(31)8-5-18-11-21(26)20(24)12-22(18)27-16(2)30/h3-8,11-12,15H,9-10,13-14H2,1-2H3,(H,27,30)/b8-5+/t15-/m1/s1. The van der Waals surface area contributed by atoms with Gasteiger partial charge in [-0.1, -0.05) is 23.7 Å². The van der Waals surface area contributed by atoms with E-state index in [1.807, 2.05) is 6.92 Å². The van der Waals surface area contributed by atoms with Crippen LogP contribution in [0.3, 0.4) is 0 Å². The summed E-state index contributed by atoms with van der Waals surface area (Å²) in [7, 11) is 0. The maximum absolute atomic E-state index is 13.9. The lowest BCUT2D eigenvalue weighted by molar-refractivity contribution is -0.130. The molecule has 1 N–H and O–H groups in total. The Balaban J connectivity index is 1.65. The van der Waals surface area contributed by atoms with Gasteiger partial charge < -0.3 is 10.2 Å². The first-order chi connectivity index (χ1) is 14.7. The first kappa shape index (κ1) is 22.9. The van der Waals surface area contributed by atoms with Crippen molar-refractivity contribution in [2.45, 2.75) is 26.4 Å². The summed E-state index contributed by atoms with van der Waals surface area (Å²) < 4.78 is 27.0. The molecule has 1 fully saturated rings. The van der Waals surface area contributed by atoms with Crippen LogP contribution in [0.1, 0.15) is 25.0 Å². The summed E-state index contributed by atoms with van der Waals surface area (Å²) >= 11 is 5.80. The van der Waals surface area contributed by atoms with Crippen molar-refractivity contribution in [1.82, 2.24) is 9.80 Å². The Morgan fingerprint density at radius 2 is 1.90 bits per heavy atom. The largest absolute Gasteiger partial charge is 0.334 e. The maximum atomic E-state index is 13.9. The van der Waals surface area contributed by atoms with E-state index in [1.165, 1.54) is 43.3 Å². The molecule has 0 saturated carbocycles. The number of hydrogen-bond acceptors (Lipinski definition) is 3. The van der Waals surface area contributed by atoms with Gasteiger partial charge in [0.05, 0.1) is 5.02 Å². The van der Waals surface area contributed by atoms with Gasteiger partial charge in [0.15, 0.2) is 0 Å². The van der Waals surface area contributed by atoms with Crippen molar-refractivity contribution in [3.63, 3.8) is 0 Å². The van der Waals surface area contributed by atoms with Crippen LogP contribution >= 0.6 is 11.6 Å². The van der Waals surface area contributed by atoms with Crippen LogP contribution in [-0.2, 0) is 16.1 Å². The van der Waals surface area contributed by atoms with Gasteiger partial charge in [0.25, 0.3) is 0 Å². The minimum absolute atomic E-state index is 0.0249. The summed E-state index contributed by atoms with van der Waals surface area (Å²) in [6, 6.07) is 8.89. The highest BCUT2D eigenvalue weighted by Crippen LogP contribution is 2.26. The average molecular weight is 448 g/mol. The monoisotopic (exact) mass is 447 g/mol. The van der Waals surface area contributed by atoms with E-state index in [2.05, 4.69) is 10.2 Å². The number of carbonyl (C=O) groups is 2. The number of hydrogen-bond donors (Lipinski definition) is 1. The predicted molar refractivity (Wildman–Crippen MR) is 118 cm³/mol. The molecule has 1 aliphatic heterocycles. The fraction of sp³-hybridized carbons (Fsp3) is 0.304. The Labute approximate surface area is 185 Å². The fourth-order valence-corrected chi connectivity index (χ4v) is 3.77. The molecule has 2 amide bonds. The van der Waals surface area contributed by atoms with Crippen molar-refractivity contribution in [3.8, 4) is 0 Å². The van der Waals surface area contributed by atoms with E-state index in [4.69, 9.17) is 11.6 Å². The van der Waals surface area contributed by atoms with E-state index >= 15 is 0 Å². The van der Waals surface area contributed by atoms with Crippen molar-refractivity contribution >= 4 is 35.2 Å². The van der Waals surface area contributed by atoms with E-state index in [0.717, 1.165) is 5.56 Å². The number of anilines is 1. The molecule has 0 spiro atoms. The van der Waals surface area contributed by atoms with Gasteiger partial charge in [0.1, 0.15) is 11.6 Å². The fourth-order valence-electron chi connectivity index (χ4n) is 3.61. The van der Waals surface area contributed by atoms with E-state index in [0.29, 0.717) is 37.4 Å². The zero-order chi connectivity index (χ0) is 22.5. The van der Waals surface area contributed by atoms with Crippen LogP contribution in [0.15, 0.2) is 42.5 Å². The molecule has 0 unspecified atom stereocenters. The van der Waals surface area contributed by atoms with Gasteiger partial charge in [0.2, 0.25) is 11.8 Å². The second-order valence-electron chi connectivity index (χ2n) is 7.61. The molecular formula is C23H24ClF2N3O2. The normalized spacial score (nSPS) is 17.2. The smallest absolute Gasteiger partial charge is 0.246 e. The van der Waals surface area contributed by atoms with Gasteiger partial charge in [0, 0.05) is 56.5 Å². The molecule has 2 aromatic rings. The number of nitrogens with zero attached hydrogens (tertiary/aromatic N) is 2. The molecule has 164 valence electrons. The van der Waals surface area contributed by atoms with E-state index in [1.54, 1.807) is 17.0 Å². The van der Waals surface area contributed by atoms with Gasteiger partial charge in [-0.05, 0) is 42.8 Å². The highest BCUT2D eigenvalue weighted by Gasteiger charge is 2.26. The molecule has 2 aromatic carbocycles. The van der Waals surface area contributed by atoms with Gasteiger partial charge >= 0.3 is 0 Å². The maximum Gasteiger partial charge on any atom is 0.246 e. The molecule has 1 atom stereocenters. The van der Waals surface area contributed by atoms with E-state index in [9.17, 15) is 18.4 Å². The summed E-state index contributed by atoms with van der Waals surface area (Å²) in [6.07, 6.45) is 2.85. The molecule has 0 aliphatic carbocycles. The molecule has 5 nitrogen and oxygen atoms in total. The number of carbonyl (C=O) groups excluding carboxylic acids is 2. The van der Waals surface area contributed by atoms with Crippen LogP contribution in [0.2, 0.25) is 5.02 Å². The zero-order valence-electron chi connectivity index (χ0n) is 17.4. The number of piperazine rings is 1. The van der Waals surface area contributed by atoms with Gasteiger partial charge in [-0.25, -0.2) is 8.78 Å². The molecule has 1 aliphatic rings. The van der Waals surface area contributed by atoms with Gasteiger partial charge in [-0.2, -0.15) is 0 Å². The van der Waals surface area contributed by atoms with Crippen LogP contribution in [0.5, 0.6) is 0 Å². The lowest BCUT2D eigenvalue weighted by Gasteiger charge is -2.39. The van der Waals surface area contributed by atoms with Crippen molar-refractivity contribution in [2.75, 3.05) is 25.0 Å². The second-order valence-corrected chi connectivity index (χ2v) is 8.02. The van der Waals surface area contributed by atoms with Crippen molar-refractivity contribution in [3.05, 3.63) is 70.3 Å². The topological polar surface area (TPSA) is 52.7 Å². The van der Waals surface area contributed by atoms with E-state index < -0.39 is 5.82 Å². The number of rotatable bonds is 5. The third-order valence-electron chi connectivity index (χ3n) is 5.12. The number of nitrogens with one attached hydrogen (secondary N) is 1. The molecule has 1 heterocycles. The third kappa shape index (κ3) is 6.12. The molecule has 0 aromatic heterocycles. The minimum atomic E-state index is -0.634. The quantitative estimate of drug-likeness (QED) is 0.694. The average Bonchev–Trinajstić information content (AvgIpc) is 2.71. The van der Waals surface area contributed by atoms with Crippen molar-refractivity contribution < 1.29 is 18.4 Å². The molecule has 3 rings (SSSR count). The molecule has 0 radical (unpaired) electrons. The van der Waals surface area contributed by atoms with Crippen molar-refractivity contribution in [1.29, 1.82) is 0 Å². The molecule has 8 heteroatoms. The minimum Gasteiger partial charge on any atom is -0.334 e. The van der Waals surface area contributed by atoms with Crippen LogP contribution in [0.25, 0.3) is 6.08 Å². The number of benzene rings is 2. The molecule has 31 heavy (non-hydrogen) atoms. The lowest BCUT2D eigenvalue weighted by Crippen LogP contribution is -2.53. The zero-order valence-corrected chi connectivity index (χ0v) is 18.1. The predicted octanol–water partition coefficient (Wildman–Crippen LogP) is 4.32. The first-order valence-corrected chi connectivity index (χ1v) is 10.3. The molecule has 1 saturated heterocycles. The second kappa shape index (κ2) is 10.0. The van der Waals surface area contributed by atoms with Crippen molar-refractivity contribution in [2.24, 2.45) is 0 Å². The SMILES string of the molecule is CC(=O)Nc1cc(Cl)c(F)cc1/C=C/C(=O)N1CCN(Cc2ccc(F)cc2)C[C@H]1C. The van der Waals surface area contributed by atoms with Crippen LogP contribution in [0, 0.1) is 11.6 Å². The summed E-state index contributed by atoms with van der Waals surface area (Å²) in [5, 5.41) is 2.48. The molecule has 0 bridgehead atoms. The Morgan fingerprint density at radius 3 is 2.55 bits per heavy atom. The highest BCUT2D eigenvalue weighted by atomic mass is 35.5. The Bertz CT molecular complexity index is 995. The van der Waals surface area contributed by atoms with Crippen LogP contribution in [-0.4, -0.2) is 47.3 Å². The summed E-state index contributed by atoms with van der Waals surface area (Å²) in [6.45, 7) is 5.90. The van der Waals surface area contributed by atoms with Gasteiger partial charge in [-0.3, -0.25) is 14.5 Å². The lowest BCUT2D eigenvalue weighted by atomic mass is 10.1. The summed E-state index contributed by atoms with van der Waals surface area (Å²) in [5.74, 6) is -1.42.